The van der Waals surface area contributed by atoms with Crippen LogP contribution in [0, 0.1) is 11.8 Å². The fraction of sp³-hybridized carbons (Fsp3) is 1.00. The summed E-state index contributed by atoms with van der Waals surface area (Å²) in [7, 11) is -3.24. The number of hydrogen-bond donors (Lipinski definition) is 1. The van der Waals surface area contributed by atoms with E-state index in [0.717, 1.165) is 25.7 Å². The van der Waals surface area contributed by atoms with Crippen LogP contribution in [0.2, 0.25) is 0 Å². The van der Waals surface area contributed by atoms with E-state index < -0.39 is 10.0 Å². The van der Waals surface area contributed by atoms with E-state index in [2.05, 4.69) is 13.8 Å². The second-order valence-corrected chi connectivity index (χ2v) is 9.19. The summed E-state index contributed by atoms with van der Waals surface area (Å²) in [5.41, 5.74) is 0. The topological polar surface area (TPSA) is 57.6 Å². The fourth-order valence-corrected chi connectivity index (χ4v) is 3.98. The molecule has 1 aliphatic carbocycles. The fourth-order valence-electron chi connectivity index (χ4n) is 2.39. The minimum absolute atomic E-state index is 0.0459. The molecule has 0 aromatic rings. The second kappa shape index (κ2) is 7.76. The monoisotopic (exact) mass is 305 g/mol. The molecule has 1 rings (SSSR count). The van der Waals surface area contributed by atoms with E-state index in [4.69, 9.17) is 0 Å². The van der Waals surface area contributed by atoms with E-state index in [9.17, 15) is 13.5 Å². The Morgan fingerprint density at radius 1 is 1.10 bits per heavy atom. The summed E-state index contributed by atoms with van der Waals surface area (Å²) in [5, 5.41) is 8.90. The molecule has 0 unspecified atom stereocenters. The molecule has 0 saturated heterocycles. The van der Waals surface area contributed by atoms with Gasteiger partial charge in [0.2, 0.25) is 10.0 Å². The first-order valence-corrected chi connectivity index (χ1v) is 9.40. The maximum atomic E-state index is 12.6. The Labute approximate surface area is 124 Å². The van der Waals surface area contributed by atoms with Gasteiger partial charge in [-0.05, 0) is 57.8 Å². The highest BCUT2D eigenvalue weighted by molar-refractivity contribution is 7.89. The average Bonchev–Trinajstić information content (AvgIpc) is 3.15. The molecule has 0 aromatic carbocycles. The Morgan fingerprint density at radius 3 is 2.10 bits per heavy atom. The van der Waals surface area contributed by atoms with Crippen LogP contribution in [0.3, 0.4) is 0 Å². The van der Waals surface area contributed by atoms with Crippen molar-refractivity contribution < 1.29 is 13.5 Å². The SMILES string of the molecule is CC(C)CC[C@@H](CCO)N(CC1CC1)S(=O)(=O)C(C)C. The summed E-state index contributed by atoms with van der Waals surface area (Å²) in [5.74, 6) is 1.09. The Morgan fingerprint density at radius 2 is 1.70 bits per heavy atom. The largest absolute Gasteiger partial charge is 0.396 e. The van der Waals surface area contributed by atoms with Gasteiger partial charge in [0, 0.05) is 19.2 Å². The summed E-state index contributed by atoms with van der Waals surface area (Å²) in [6, 6.07) is -0.0459. The Kier molecular flexibility index (Phi) is 6.95. The van der Waals surface area contributed by atoms with Crippen molar-refractivity contribution >= 4 is 10.0 Å². The lowest BCUT2D eigenvalue weighted by Gasteiger charge is -2.32. The van der Waals surface area contributed by atoms with Gasteiger partial charge >= 0.3 is 0 Å². The number of rotatable bonds is 10. The molecule has 0 amide bonds. The quantitative estimate of drug-likeness (QED) is 0.675. The maximum Gasteiger partial charge on any atom is 0.216 e. The molecule has 1 fully saturated rings. The number of hydrogen-bond acceptors (Lipinski definition) is 3. The molecule has 1 N–H and O–H groups in total. The van der Waals surface area contributed by atoms with Crippen LogP contribution in [0.1, 0.15) is 59.8 Å². The molecule has 0 bridgehead atoms. The summed E-state index contributed by atoms with van der Waals surface area (Å²) >= 11 is 0. The average molecular weight is 305 g/mol. The summed E-state index contributed by atoms with van der Waals surface area (Å²) in [6.45, 7) is 8.48. The van der Waals surface area contributed by atoms with Gasteiger partial charge in [-0.15, -0.1) is 0 Å². The lowest BCUT2D eigenvalue weighted by atomic mass is 10.0. The maximum absolute atomic E-state index is 12.6. The molecule has 0 spiro atoms. The zero-order valence-electron chi connectivity index (χ0n) is 13.4. The van der Waals surface area contributed by atoms with Crippen molar-refractivity contribution in [1.29, 1.82) is 0 Å². The first kappa shape index (κ1) is 17.9. The predicted molar refractivity (Wildman–Crippen MR) is 83.0 cm³/mol. The Bertz CT molecular complexity index is 375. The van der Waals surface area contributed by atoms with Gasteiger partial charge in [0.25, 0.3) is 0 Å². The van der Waals surface area contributed by atoms with Crippen LogP contribution in [-0.4, -0.2) is 42.3 Å². The van der Waals surface area contributed by atoms with Crippen molar-refractivity contribution in [2.45, 2.75) is 71.1 Å². The van der Waals surface area contributed by atoms with Crippen molar-refractivity contribution in [3.63, 3.8) is 0 Å². The van der Waals surface area contributed by atoms with Crippen molar-refractivity contribution in [2.24, 2.45) is 11.8 Å². The minimum atomic E-state index is -3.24. The number of aliphatic hydroxyl groups is 1. The van der Waals surface area contributed by atoms with Gasteiger partial charge in [0.15, 0.2) is 0 Å². The van der Waals surface area contributed by atoms with Crippen LogP contribution in [-0.2, 0) is 10.0 Å². The molecule has 5 heteroatoms. The van der Waals surface area contributed by atoms with E-state index in [1.807, 2.05) is 0 Å². The molecular weight excluding hydrogens is 274 g/mol. The van der Waals surface area contributed by atoms with Gasteiger partial charge < -0.3 is 5.11 Å². The smallest absolute Gasteiger partial charge is 0.216 e. The zero-order valence-corrected chi connectivity index (χ0v) is 14.2. The van der Waals surface area contributed by atoms with E-state index in [1.165, 1.54) is 0 Å². The molecule has 1 atom stereocenters. The number of aliphatic hydroxyl groups excluding tert-OH is 1. The summed E-state index contributed by atoms with van der Waals surface area (Å²) < 4.78 is 26.9. The van der Waals surface area contributed by atoms with E-state index in [1.54, 1.807) is 18.2 Å². The van der Waals surface area contributed by atoms with Crippen molar-refractivity contribution in [1.82, 2.24) is 4.31 Å². The normalized spacial score (nSPS) is 18.2. The Balaban J connectivity index is 2.85. The molecule has 0 radical (unpaired) electrons. The number of nitrogens with zero attached hydrogens (tertiary/aromatic N) is 1. The minimum Gasteiger partial charge on any atom is -0.396 e. The molecular formula is C15H31NO3S. The van der Waals surface area contributed by atoms with Gasteiger partial charge in [0.05, 0.1) is 5.25 Å². The molecule has 0 heterocycles. The van der Waals surface area contributed by atoms with Crippen LogP contribution in [0.25, 0.3) is 0 Å². The molecule has 1 saturated carbocycles. The first-order valence-electron chi connectivity index (χ1n) is 7.90. The molecule has 20 heavy (non-hydrogen) atoms. The summed E-state index contributed by atoms with van der Waals surface area (Å²) in [6.07, 6.45) is 4.67. The van der Waals surface area contributed by atoms with Crippen LogP contribution >= 0.6 is 0 Å². The van der Waals surface area contributed by atoms with Gasteiger partial charge in [-0.1, -0.05) is 13.8 Å². The van der Waals surface area contributed by atoms with Crippen LogP contribution in [0.5, 0.6) is 0 Å². The van der Waals surface area contributed by atoms with E-state index in [0.29, 0.717) is 24.8 Å². The van der Waals surface area contributed by atoms with Crippen LogP contribution < -0.4 is 0 Å². The molecule has 0 aliphatic heterocycles. The molecule has 4 nitrogen and oxygen atoms in total. The van der Waals surface area contributed by atoms with Crippen molar-refractivity contribution in [3.8, 4) is 0 Å². The summed E-state index contributed by atoms with van der Waals surface area (Å²) in [4.78, 5) is 0. The third-order valence-corrected chi connectivity index (χ3v) is 6.30. The highest BCUT2D eigenvalue weighted by atomic mass is 32.2. The third kappa shape index (κ3) is 5.34. The number of sulfonamides is 1. The van der Waals surface area contributed by atoms with Crippen LogP contribution in [0.15, 0.2) is 0 Å². The van der Waals surface area contributed by atoms with Gasteiger partial charge in [0.1, 0.15) is 0 Å². The highest BCUT2D eigenvalue weighted by Gasteiger charge is 2.36. The molecule has 0 aromatic heterocycles. The third-order valence-electron chi connectivity index (χ3n) is 4.00. The predicted octanol–water partition coefficient (Wildman–Crippen LogP) is 2.62. The Hall–Kier alpha value is -0.130. The van der Waals surface area contributed by atoms with E-state index >= 15 is 0 Å². The second-order valence-electron chi connectivity index (χ2n) is 6.74. The van der Waals surface area contributed by atoms with Gasteiger partial charge in [-0.3, -0.25) is 0 Å². The van der Waals surface area contributed by atoms with Gasteiger partial charge in [-0.25, -0.2) is 8.42 Å². The van der Waals surface area contributed by atoms with E-state index in [-0.39, 0.29) is 17.9 Å². The molecule has 1 aliphatic rings. The standard InChI is InChI=1S/C15H31NO3S/c1-12(2)5-8-15(9-10-17)16(11-14-6-7-14)20(18,19)13(3)4/h12-15,17H,5-11H2,1-4H3/t15-/m0/s1. The van der Waals surface area contributed by atoms with Crippen LogP contribution in [0.4, 0.5) is 0 Å². The zero-order chi connectivity index (χ0) is 15.3. The van der Waals surface area contributed by atoms with Crippen molar-refractivity contribution in [2.75, 3.05) is 13.2 Å². The lowest BCUT2D eigenvalue weighted by molar-refractivity contribution is 0.207. The molecule has 120 valence electrons. The lowest BCUT2D eigenvalue weighted by Crippen LogP contribution is -2.45. The first-order chi connectivity index (χ1) is 9.28. The van der Waals surface area contributed by atoms with Crippen molar-refractivity contribution in [3.05, 3.63) is 0 Å². The highest BCUT2D eigenvalue weighted by Crippen LogP contribution is 2.33. The van der Waals surface area contributed by atoms with Gasteiger partial charge in [-0.2, -0.15) is 4.31 Å².